The number of aromatic nitrogens is 1. The molecule has 0 saturated carbocycles. The first kappa shape index (κ1) is 21.0. The Labute approximate surface area is 179 Å². The van der Waals surface area contributed by atoms with Crippen molar-refractivity contribution in [2.45, 2.75) is 26.3 Å². The maximum absolute atomic E-state index is 12.7. The van der Waals surface area contributed by atoms with E-state index in [-0.39, 0.29) is 30.2 Å². The molecule has 0 aliphatic heterocycles. The van der Waals surface area contributed by atoms with E-state index in [1.54, 1.807) is 5.38 Å². The molecule has 3 rings (SSSR count). The Hall–Kier alpha value is -2.70. The normalized spacial score (nSPS) is 11.9. The molecule has 7 heteroatoms. The van der Waals surface area contributed by atoms with Crippen LogP contribution < -0.4 is 10.6 Å². The number of hydrogen-bond acceptors (Lipinski definition) is 4. The van der Waals surface area contributed by atoms with E-state index in [1.807, 2.05) is 68.4 Å². The largest absolute Gasteiger partial charge is 0.345 e. The van der Waals surface area contributed by atoms with Gasteiger partial charge in [0.15, 0.2) is 5.13 Å². The highest BCUT2D eigenvalue weighted by atomic mass is 35.5. The van der Waals surface area contributed by atoms with Crippen LogP contribution in [0.2, 0.25) is 5.02 Å². The van der Waals surface area contributed by atoms with Gasteiger partial charge in [-0.1, -0.05) is 67.9 Å². The van der Waals surface area contributed by atoms with Crippen LogP contribution in [0.1, 0.15) is 36.7 Å². The van der Waals surface area contributed by atoms with Gasteiger partial charge in [-0.05, 0) is 23.3 Å². The molecule has 150 valence electrons. The maximum Gasteiger partial charge on any atom is 0.228 e. The molecule has 3 aromatic rings. The first-order valence-corrected chi connectivity index (χ1v) is 10.5. The minimum atomic E-state index is -0.292. The van der Waals surface area contributed by atoms with Gasteiger partial charge in [0, 0.05) is 16.3 Å². The molecule has 29 heavy (non-hydrogen) atoms. The van der Waals surface area contributed by atoms with Gasteiger partial charge in [-0.15, -0.1) is 11.3 Å². The van der Waals surface area contributed by atoms with E-state index >= 15 is 0 Å². The van der Waals surface area contributed by atoms with Crippen LogP contribution in [0.3, 0.4) is 0 Å². The number of nitrogens with one attached hydrogen (secondary N) is 2. The second-order valence-electron chi connectivity index (χ2n) is 6.93. The summed E-state index contributed by atoms with van der Waals surface area (Å²) in [7, 11) is 0. The quantitative estimate of drug-likeness (QED) is 0.566. The molecular weight excluding hydrogens is 406 g/mol. The Bertz CT molecular complexity index is 971. The van der Waals surface area contributed by atoms with Gasteiger partial charge in [0.1, 0.15) is 0 Å². The van der Waals surface area contributed by atoms with E-state index < -0.39 is 0 Å². The van der Waals surface area contributed by atoms with E-state index in [1.165, 1.54) is 11.3 Å². The van der Waals surface area contributed by atoms with Crippen molar-refractivity contribution < 1.29 is 9.59 Å². The Morgan fingerprint density at radius 3 is 2.34 bits per heavy atom. The second kappa shape index (κ2) is 9.67. The van der Waals surface area contributed by atoms with Crippen molar-refractivity contribution in [3.05, 3.63) is 81.8 Å². The first-order chi connectivity index (χ1) is 13.9. The fraction of sp³-hybridized carbons (Fsp3) is 0.227. The molecule has 1 aromatic heterocycles. The molecule has 0 aliphatic rings. The van der Waals surface area contributed by atoms with Crippen LogP contribution in [0.4, 0.5) is 5.13 Å². The number of thiazole rings is 1. The fourth-order valence-corrected chi connectivity index (χ4v) is 3.57. The van der Waals surface area contributed by atoms with Gasteiger partial charge in [-0.3, -0.25) is 9.59 Å². The van der Waals surface area contributed by atoms with Gasteiger partial charge < -0.3 is 10.6 Å². The summed E-state index contributed by atoms with van der Waals surface area (Å²) in [5.41, 5.74) is 2.54. The number of rotatable bonds is 7. The highest BCUT2D eigenvalue weighted by molar-refractivity contribution is 7.13. The number of hydrogen-bond donors (Lipinski definition) is 2. The zero-order valence-electron chi connectivity index (χ0n) is 16.2. The number of benzene rings is 2. The Morgan fingerprint density at radius 1 is 1.03 bits per heavy atom. The molecule has 2 aromatic carbocycles. The van der Waals surface area contributed by atoms with Crippen LogP contribution in [0, 0.1) is 5.92 Å². The molecule has 2 amide bonds. The summed E-state index contributed by atoms with van der Waals surface area (Å²) in [4.78, 5) is 28.9. The molecule has 0 radical (unpaired) electrons. The topological polar surface area (TPSA) is 71.1 Å². The van der Waals surface area contributed by atoms with Crippen LogP contribution in [0.15, 0.2) is 60.0 Å². The number of nitrogens with zero attached hydrogens (tertiary/aromatic N) is 1. The van der Waals surface area contributed by atoms with E-state index in [2.05, 4.69) is 15.6 Å². The molecule has 0 saturated heterocycles. The molecule has 5 nitrogen and oxygen atoms in total. The number of carbonyl (C=O) groups is 2. The van der Waals surface area contributed by atoms with Gasteiger partial charge in [-0.2, -0.15) is 0 Å². The number of carbonyl (C=O) groups excluding carboxylic acids is 2. The molecule has 2 N–H and O–H groups in total. The predicted octanol–water partition coefficient (Wildman–Crippen LogP) is 4.84. The maximum atomic E-state index is 12.7. The zero-order chi connectivity index (χ0) is 20.8. The van der Waals surface area contributed by atoms with E-state index in [0.29, 0.717) is 15.8 Å². The van der Waals surface area contributed by atoms with Crippen molar-refractivity contribution >= 4 is 39.9 Å². The molecule has 0 spiro atoms. The van der Waals surface area contributed by atoms with E-state index in [9.17, 15) is 9.59 Å². The predicted molar refractivity (Wildman–Crippen MR) is 117 cm³/mol. The Morgan fingerprint density at radius 2 is 1.69 bits per heavy atom. The van der Waals surface area contributed by atoms with Crippen molar-refractivity contribution in [2.24, 2.45) is 5.92 Å². The smallest absolute Gasteiger partial charge is 0.228 e. The third kappa shape index (κ3) is 5.89. The van der Waals surface area contributed by atoms with E-state index in [0.717, 1.165) is 11.1 Å². The van der Waals surface area contributed by atoms with Crippen molar-refractivity contribution in [3.63, 3.8) is 0 Å². The van der Waals surface area contributed by atoms with Gasteiger partial charge in [0.2, 0.25) is 11.8 Å². The summed E-state index contributed by atoms with van der Waals surface area (Å²) in [5, 5.41) is 8.77. The molecule has 0 fully saturated rings. The van der Waals surface area contributed by atoms with Crippen molar-refractivity contribution in [1.82, 2.24) is 10.3 Å². The molecule has 1 unspecified atom stereocenters. The van der Waals surface area contributed by atoms with Crippen molar-refractivity contribution in [2.75, 3.05) is 5.32 Å². The van der Waals surface area contributed by atoms with Crippen LogP contribution in [-0.4, -0.2) is 16.8 Å². The summed E-state index contributed by atoms with van der Waals surface area (Å²) >= 11 is 7.32. The lowest BCUT2D eigenvalue weighted by Gasteiger charge is -2.20. The molecule has 1 heterocycles. The highest BCUT2D eigenvalue weighted by Crippen LogP contribution is 2.24. The summed E-state index contributed by atoms with van der Waals surface area (Å²) in [6.07, 6.45) is 0.130. The monoisotopic (exact) mass is 427 g/mol. The van der Waals surface area contributed by atoms with E-state index in [4.69, 9.17) is 11.6 Å². The molecule has 0 bridgehead atoms. The molecule has 1 atom stereocenters. The number of halogens is 1. The third-order valence-corrected chi connectivity index (χ3v) is 5.35. The lowest BCUT2D eigenvalue weighted by molar-refractivity contribution is -0.121. The van der Waals surface area contributed by atoms with Gasteiger partial charge in [0.05, 0.1) is 18.2 Å². The lowest BCUT2D eigenvalue weighted by Crippen LogP contribution is -2.30. The summed E-state index contributed by atoms with van der Waals surface area (Å²) < 4.78 is 0. The van der Waals surface area contributed by atoms with Crippen LogP contribution in [-0.2, 0) is 16.0 Å². The van der Waals surface area contributed by atoms with Crippen LogP contribution >= 0.6 is 22.9 Å². The van der Waals surface area contributed by atoms with Gasteiger partial charge in [0.25, 0.3) is 0 Å². The van der Waals surface area contributed by atoms with Crippen molar-refractivity contribution in [1.29, 1.82) is 0 Å². The SMILES string of the molecule is CC(C)C(=O)Nc1nc(CC(=O)NC(c2ccccc2)c2ccc(Cl)cc2)cs1. The highest BCUT2D eigenvalue weighted by Gasteiger charge is 2.18. The molecule has 0 aliphatic carbocycles. The standard InChI is InChI=1S/C22H22ClN3O2S/c1-14(2)21(28)26-22-24-18(13-29-22)12-19(27)25-20(15-6-4-3-5-7-15)16-8-10-17(23)11-9-16/h3-11,13-14,20H,12H2,1-2H3,(H,25,27)(H,24,26,28). The average Bonchev–Trinajstić information content (AvgIpc) is 3.14. The number of amides is 2. The first-order valence-electron chi connectivity index (χ1n) is 9.27. The third-order valence-electron chi connectivity index (χ3n) is 4.29. The van der Waals surface area contributed by atoms with Crippen LogP contribution in [0.25, 0.3) is 0 Å². The second-order valence-corrected chi connectivity index (χ2v) is 8.22. The van der Waals surface area contributed by atoms with Crippen molar-refractivity contribution in [3.8, 4) is 0 Å². The lowest BCUT2D eigenvalue weighted by atomic mass is 9.98. The van der Waals surface area contributed by atoms with Crippen LogP contribution in [0.5, 0.6) is 0 Å². The summed E-state index contributed by atoms with van der Waals surface area (Å²) in [6.45, 7) is 3.63. The summed E-state index contributed by atoms with van der Waals surface area (Å²) in [5.74, 6) is -0.375. The van der Waals surface area contributed by atoms with Gasteiger partial charge in [-0.25, -0.2) is 4.98 Å². The Kier molecular flexibility index (Phi) is 7.01. The zero-order valence-corrected chi connectivity index (χ0v) is 17.8. The molecular formula is C22H22ClN3O2S. The fourth-order valence-electron chi connectivity index (χ4n) is 2.73. The van der Waals surface area contributed by atoms with Gasteiger partial charge >= 0.3 is 0 Å². The number of anilines is 1. The minimum Gasteiger partial charge on any atom is -0.345 e. The minimum absolute atomic E-state index is 0.0952. The average molecular weight is 428 g/mol. The summed E-state index contributed by atoms with van der Waals surface area (Å²) in [6, 6.07) is 16.9. The Balaban J connectivity index is 1.71.